The minimum Gasteiger partial charge on any atom is -0.482 e. The summed E-state index contributed by atoms with van der Waals surface area (Å²) in [6, 6.07) is 12.2. The summed E-state index contributed by atoms with van der Waals surface area (Å²) in [6.45, 7) is 6.94. The molecule has 7 nitrogen and oxygen atoms in total. The molecule has 0 unspecified atom stereocenters. The van der Waals surface area contributed by atoms with Gasteiger partial charge in [-0.05, 0) is 43.0 Å². The molecule has 0 saturated heterocycles. The van der Waals surface area contributed by atoms with Crippen LogP contribution < -0.4 is 15.4 Å². The van der Waals surface area contributed by atoms with Gasteiger partial charge < -0.3 is 14.8 Å². The highest BCUT2D eigenvalue weighted by Gasteiger charge is 2.14. The molecule has 2 aromatic rings. The van der Waals surface area contributed by atoms with E-state index in [0.717, 1.165) is 16.7 Å². The van der Waals surface area contributed by atoms with E-state index in [9.17, 15) is 14.4 Å². The molecule has 0 radical (unpaired) electrons. The van der Waals surface area contributed by atoms with Crippen LogP contribution in [0.2, 0.25) is 0 Å². The van der Waals surface area contributed by atoms with Crippen molar-refractivity contribution < 1.29 is 23.9 Å². The van der Waals surface area contributed by atoms with Gasteiger partial charge in [-0.1, -0.05) is 49.7 Å². The molecule has 0 heterocycles. The molecule has 0 fully saturated rings. The number of hydrogen-bond acceptors (Lipinski definition) is 5. The highest BCUT2D eigenvalue weighted by Crippen LogP contribution is 2.25. The van der Waals surface area contributed by atoms with E-state index in [0.29, 0.717) is 11.4 Å². The summed E-state index contributed by atoms with van der Waals surface area (Å²) in [5, 5.41) is 4.70. The number of rotatable bonds is 7. The number of hydrogen-bond donors (Lipinski definition) is 2. The fourth-order valence-electron chi connectivity index (χ4n) is 2.68. The summed E-state index contributed by atoms with van der Waals surface area (Å²) in [4.78, 5) is 35.6. The fourth-order valence-corrected chi connectivity index (χ4v) is 2.68. The molecule has 0 saturated carbocycles. The second-order valence-electron chi connectivity index (χ2n) is 6.96. The lowest BCUT2D eigenvalue weighted by Crippen LogP contribution is -2.37. The second-order valence-corrected chi connectivity index (χ2v) is 6.96. The molecule has 29 heavy (non-hydrogen) atoms. The Morgan fingerprint density at radius 2 is 1.72 bits per heavy atom. The third kappa shape index (κ3) is 6.95. The summed E-state index contributed by atoms with van der Waals surface area (Å²) in [5.41, 5.74) is 3.50. The van der Waals surface area contributed by atoms with Crippen molar-refractivity contribution >= 4 is 23.6 Å². The van der Waals surface area contributed by atoms with Crippen LogP contribution in [0.1, 0.15) is 36.5 Å². The van der Waals surface area contributed by atoms with Crippen LogP contribution in [0, 0.1) is 13.8 Å². The molecule has 0 aliphatic heterocycles. The predicted molar refractivity (Wildman–Crippen MR) is 110 cm³/mol. The standard InChI is InChI=1S/C22H26N2O5/c1-14(2)17-7-5-6-8-19(17)28-13-21(26)29-12-20(25)24-22(27)23-18-10-9-15(3)11-16(18)4/h5-11,14H,12-13H2,1-4H3,(H2,23,24,25,27). The Hall–Kier alpha value is -3.35. The van der Waals surface area contributed by atoms with Gasteiger partial charge in [0.05, 0.1) is 0 Å². The van der Waals surface area contributed by atoms with Gasteiger partial charge in [-0.3, -0.25) is 10.1 Å². The summed E-state index contributed by atoms with van der Waals surface area (Å²) in [7, 11) is 0. The van der Waals surface area contributed by atoms with Crippen molar-refractivity contribution in [2.45, 2.75) is 33.6 Å². The average molecular weight is 398 g/mol. The minimum atomic E-state index is -0.733. The van der Waals surface area contributed by atoms with Gasteiger partial charge in [-0.15, -0.1) is 0 Å². The maximum absolute atomic E-state index is 11.9. The van der Waals surface area contributed by atoms with Crippen LogP contribution in [0.5, 0.6) is 5.75 Å². The number of esters is 1. The summed E-state index contributed by atoms with van der Waals surface area (Å²) >= 11 is 0. The summed E-state index contributed by atoms with van der Waals surface area (Å²) in [5.74, 6) is -0.600. The lowest BCUT2D eigenvalue weighted by atomic mass is 10.0. The average Bonchev–Trinajstić information content (AvgIpc) is 2.67. The highest BCUT2D eigenvalue weighted by atomic mass is 16.6. The molecule has 0 aromatic heterocycles. The Morgan fingerprint density at radius 3 is 2.41 bits per heavy atom. The molecule has 0 bridgehead atoms. The van der Waals surface area contributed by atoms with E-state index in [1.165, 1.54) is 0 Å². The lowest BCUT2D eigenvalue weighted by molar-refractivity contribution is -0.150. The summed E-state index contributed by atoms with van der Waals surface area (Å²) < 4.78 is 10.4. The Labute approximate surface area is 170 Å². The Bertz CT molecular complexity index is 893. The van der Waals surface area contributed by atoms with Crippen molar-refractivity contribution in [1.82, 2.24) is 5.32 Å². The molecule has 0 aliphatic rings. The number of carbonyl (C=O) groups excluding carboxylic acids is 3. The molecule has 2 N–H and O–H groups in total. The van der Waals surface area contributed by atoms with E-state index in [1.54, 1.807) is 12.1 Å². The van der Waals surface area contributed by atoms with Gasteiger partial charge in [-0.25, -0.2) is 9.59 Å². The van der Waals surface area contributed by atoms with Gasteiger partial charge in [-0.2, -0.15) is 0 Å². The van der Waals surface area contributed by atoms with Gasteiger partial charge >= 0.3 is 12.0 Å². The molecular formula is C22H26N2O5. The molecule has 7 heteroatoms. The first-order valence-corrected chi connectivity index (χ1v) is 9.31. The Kier molecular flexibility index (Phi) is 7.77. The summed E-state index contributed by atoms with van der Waals surface area (Å²) in [6.07, 6.45) is 0. The lowest BCUT2D eigenvalue weighted by Gasteiger charge is -2.13. The maximum atomic E-state index is 11.9. The third-order valence-corrected chi connectivity index (χ3v) is 4.13. The molecule has 3 amide bonds. The number of benzene rings is 2. The van der Waals surface area contributed by atoms with E-state index < -0.39 is 24.5 Å². The van der Waals surface area contributed by atoms with Crippen molar-refractivity contribution in [1.29, 1.82) is 0 Å². The molecule has 0 spiro atoms. The van der Waals surface area contributed by atoms with E-state index in [1.807, 2.05) is 58.0 Å². The van der Waals surface area contributed by atoms with Gasteiger partial charge in [0.15, 0.2) is 13.2 Å². The Morgan fingerprint density at radius 1 is 1.00 bits per heavy atom. The third-order valence-electron chi connectivity index (χ3n) is 4.13. The van der Waals surface area contributed by atoms with Crippen molar-refractivity contribution in [3.8, 4) is 5.75 Å². The highest BCUT2D eigenvalue weighted by molar-refractivity contribution is 6.02. The minimum absolute atomic E-state index is 0.240. The molecular weight excluding hydrogens is 372 g/mol. The zero-order chi connectivity index (χ0) is 21.4. The van der Waals surface area contributed by atoms with Crippen molar-refractivity contribution in [3.63, 3.8) is 0 Å². The van der Waals surface area contributed by atoms with Gasteiger partial charge in [0.25, 0.3) is 5.91 Å². The first kappa shape index (κ1) is 21.9. The van der Waals surface area contributed by atoms with E-state index in [2.05, 4.69) is 10.6 Å². The number of urea groups is 1. The number of nitrogens with one attached hydrogen (secondary N) is 2. The number of aryl methyl sites for hydroxylation is 2. The number of imide groups is 1. The van der Waals surface area contributed by atoms with Gasteiger partial charge in [0, 0.05) is 5.69 Å². The second kappa shape index (κ2) is 10.3. The molecule has 0 atom stereocenters. The topological polar surface area (TPSA) is 93.7 Å². The number of carbonyl (C=O) groups is 3. The van der Waals surface area contributed by atoms with Crippen molar-refractivity contribution in [2.24, 2.45) is 0 Å². The Balaban J connectivity index is 1.75. The van der Waals surface area contributed by atoms with Crippen LogP contribution in [0.4, 0.5) is 10.5 Å². The zero-order valence-corrected chi connectivity index (χ0v) is 17.1. The molecule has 2 aromatic carbocycles. The van der Waals surface area contributed by atoms with E-state index in [4.69, 9.17) is 9.47 Å². The molecule has 0 aliphatic carbocycles. The van der Waals surface area contributed by atoms with Crippen LogP contribution in [0.3, 0.4) is 0 Å². The van der Waals surface area contributed by atoms with Gasteiger partial charge in [0.2, 0.25) is 0 Å². The van der Waals surface area contributed by atoms with Crippen LogP contribution in [0.25, 0.3) is 0 Å². The fraction of sp³-hybridized carbons (Fsp3) is 0.318. The number of anilines is 1. The number of amides is 3. The smallest absolute Gasteiger partial charge is 0.344 e. The first-order valence-electron chi connectivity index (χ1n) is 9.31. The van der Waals surface area contributed by atoms with Crippen molar-refractivity contribution in [3.05, 3.63) is 59.2 Å². The normalized spacial score (nSPS) is 10.4. The zero-order valence-electron chi connectivity index (χ0n) is 17.1. The first-order chi connectivity index (χ1) is 13.8. The van der Waals surface area contributed by atoms with Gasteiger partial charge in [0.1, 0.15) is 5.75 Å². The molecule has 2 rings (SSSR count). The van der Waals surface area contributed by atoms with E-state index >= 15 is 0 Å². The van der Waals surface area contributed by atoms with E-state index in [-0.39, 0.29) is 12.5 Å². The van der Waals surface area contributed by atoms with Crippen LogP contribution in [-0.4, -0.2) is 31.1 Å². The predicted octanol–water partition coefficient (Wildman–Crippen LogP) is 3.70. The quantitative estimate of drug-likeness (QED) is 0.694. The van der Waals surface area contributed by atoms with Crippen LogP contribution in [0.15, 0.2) is 42.5 Å². The van der Waals surface area contributed by atoms with Crippen LogP contribution in [-0.2, 0) is 14.3 Å². The monoisotopic (exact) mass is 398 g/mol. The molecule has 154 valence electrons. The SMILES string of the molecule is Cc1ccc(NC(=O)NC(=O)COC(=O)COc2ccccc2C(C)C)c(C)c1. The van der Waals surface area contributed by atoms with Crippen LogP contribution >= 0.6 is 0 Å². The number of para-hydroxylation sites is 1. The number of ether oxygens (including phenoxy) is 2. The largest absolute Gasteiger partial charge is 0.482 e. The maximum Gasteiger partial charge on any atom is 0.344 e. The van der Waals surface area contributed by atoms with Crippen molar-refractivity contribution in [2.75, 3.05) is 18.5 Å².